The van der Waals surface area contributed by atoms with Crippen LogP contribution in [0.15, 0.2) is 52.8 Å². The van der Waals surface area contributed by atoms with Crippen molar-refractivity contribution in [3.63, 3.8) is 0 Å². The summed E-state index contributed by atoms with van der Waals surface area (Å²) in [6.45, 7) is 4.77. The van der Waals surface area contributed by atoms with Gasteiger partial charge in [-0.2, -0.15) is 0 Å². The number of rotatable bonds is 5. The maximum absolute atomic E-state index is 13.3. The summed E-state index contributed by atoms with van der Waals surface area (Å²) in [5.74, 6) is 0.659. The van der Waals surface area contributed by atoms with Crippen LogP contribution in [0.1, 0.15) is 35.4 Å². The topological polar surface area (TPSA) is 66.8 Å². The Morgan fingerprint density at radius 1 is 1.15 bits per heavy atom. The van der Waals surface area contributed by atoms with Crippen molar-refractivity contribution in [3.05, 3.63) is 64.0 Å². The molecular formula is C27H30N4O2S. The molecule has 1 fully saturated rings. The Labute approximate surface area is 204 Å². The van der Waals surface area contributed by atoms with Crippen LogP contribution < -0.4 is 10.1 Å². The third-order valence-corrected chi connectivity index (χ3v) is 7.22. The van der Waals surface area contributed by atoms with Crippen molar-refractivity contribution in [3.8, 4) is 17.0 Å². The van der Waals surface area contributed by atoms with E-state index in [2.05, 4.69) is 50.8 Å². The molecule has 2 aliphatic rings. The zero-order valence-corrected chi connectivity index (χ0v) is 20.5. The minimum Gasteiger partial charge on any atom is -0.490 e. The Morgan fingerprint density at radius 3 is 2.68 bits per heavy atom. The van der Waals surface area contributed by atoms with Gasteiger partial charge in [0.05, 0.1) is 10.7 Å². The molecule has 2 aromatic carbocycles. The van der Waals surface area contributed by atoms with E-state index >= 15 is 0 Å². The quantitative estimate of drug-likeness (QED) is 0.567. The van der Waals surface area contributed by atoms with Gasteiger partial charge in [0.1, 0.15) is 17.6 Å². The number of benzene rings is 2. The lowest BCUT2D eigenvalue weighted by Crippen LogP contribution is -2.35. The van der Waals surface area contributed by atoms with Gasteiger partial charge in [0.2, 0.25) is 0 Å². The molecule has 176 valence electrons. The summed E-state index contributed by atoms with van der Waals surface area (Å²) in [7, 11) is 2.14. The minimum atomic E-state index is -0.182. The number of nitrogens with one attached hydrogen (secondary N) is 1. The van der Waals surface area contributed by atoms with Crippen LogP contribution in [0.25, 0.3) is 11.3 Å². The number of hydrogen-bond acceptors (Lipinski definition) is 6. The smallest absolute Gasteiger partial charge is 0.274 e. The van der Waals surface area contributed by atoms with E-state index in [9.17, 15) is 4.79 Å². The van der Waals surface area contributed by atoms with Gasteiger partial charge < -0.3 is 15.0 Å². The van der Waals surface area contributed by atoms with E-state index in [4.69, 9.17) is 4.74 Å². The van der Waals surface area contributed by atoms with Crippen molar-refractivity contribution >= 4 is 28.6 Å². The first-order chi connectivity index (χ1) is 16.5. The first-order valence-electron chi connectivity index (χ1n) is 11.9. The lowest BCUT2D eigenvalue weighted by atomic mass is 9.96. The number of nitrogens with zero attached hydrogens (tertiary/aromatic N) is 3. The summed E-state index contributed by atoms with van der Waals surface area (Å²) in [5, 5.41) is 6.12. The fourth-order valence-corrected chi connectivity index (χ4v) is 5.13. The van der Waals surface area contributed by atoms with E-state index in [1.54, 1.807) is 11.3 Å². The number of amides is 1. The van der Waals surface area contributed by atoms with Gasteiger partial charge in [0.15, 0.2) is 0 Å². The van der Waals surface area contributed by atoms with E-state index < -0.39 is 0 Å². The summed E-state index contributed by atoms with van der Waals surface area (Å²) >= 11 is 1.63. The largest absolute Gasteiger partial charge is 0.490 e. The average molecular weight is 475 g/mol. The minimum absolute atomic E-state index is 0.182. The second kappa shape index (κ2) is 10.1. The molecule has 3 aromatic rings. The highest BCUT2D eigenvalue weighted by Crippen LogP contribution is 2.27. The summed E-state index contributed by atoms with van der Waals surface area (Å²) < 4.78 is 6.13. The Kier molecular flexibility index (Phi) is 6.74. The van der Waals surface area contributed by atoms with Crippen LogP contribution in [0.4, 0.5) is 5.69 Å². The van der Waals surface area contributed by atoms with Gasteiger partial charge in [-0.1, -0.05) is 12.1 Å². The predicted octanol–water partition coefficient (Wildman–Crippen LogP) is 4.97. The first-order valence-corrected chi connectivity index (χ1v) is 12.8. The van der Waals surface area contributed by atoms with Crippen molar-refractivity contribution < 1.29 is 9.53 Å². The number of aromatic nitrogens is 1. The number of piperidine rings is 1. The molecule has 1 saturated heterocycles. The molecule has 0 aliphatic carbocycles. The van der Waals surface area contributed by atoms with E-state index in [1.807, 2.05) is 31.2 Å². The van der Waals surface area contributed by atoms with Crippen LogP contribution in [0.5, 0.6) is 5.75 Å². The number of likely N-dealkylation sites (tertiary alicyclic amines) is 1. The lowest BCUT2D eigenvalue weighted by Gasteiger charge is -2.29. The number of aliphatic imine (C=N–C) groups is 1. The molecule has 1 amide bonds. The van der Waals surface area contributed by atoms with Gasteiger partial charge in [-0.15, -0.1) is 11.3 Å². The molecule has 0 radical (unpaired) electrons. The Morgan fingerprint density at radius 2 is 1.94 bits per heavy atom. The first kappa shape index (κ1) is 22.7. The van der Waals surface area contributed by atoms with Gasteiger partial charge in [-0.05, 0) is 75.5 Å². The van der Waals surface area contributed by atoms with Crippen LogP contribution in [-0.2, 0) is 11.2 Å². The molecular weight excluding hydrogens is 444 g/mol. The predicted molar refractivity (Wildman–Crippen MR) is 138 cm³/mol. The number of fused-ring (bicyclic) bond motifs is 1. The average Bonchev–Trinajstić information content (AvgIpc) is 3.16. The number of carbonyl (C=O) groups excluding carboxylic acids is 1. The molecule has 0 spiro atoms. The number of anilines is 1. The number of thiazole rings is 1. The van der Waals surface area contributed by atoms with E-state index in [0.29, 0.717) is 12.3 Å². The molecule has 5 rings (SSSR count). The molecule has 0 saturated carbocycles. The van der Waals surface area contributed by atoms with Crippen molar-refractivity contribution in [1.29, 1.82) is 0 Å². The highest BCUT2D eigenvalue weighted by molar-refractivity contribution is 7.09. The Balaban J connectivity index is 1.30. The maximum Gasteiger partial charge on any atom is 0.274 e. The Hall–Kier alpha value is -3.03. The normalized spacial score (nSPS) is 16.9. The van der Waals surface area contributed by atoms with Gasteiger partial charge in [0, 0.05) is 41.8 Å². The van der Waals surface area contributed by atoms with Crippen molar-refractivity contribution in [2.45, 2.75) is 38.7 Å². The Bertz CT molecular complexity index is 1190. The number of carbonyl (C=O) groups is 1. The highest BCUT2D eigenvalue weighted by atomic mass is 32.1. The number of ether oxygens (including phenoxy) is 1. The van der Waals surface area contributed by atoms with Gasteiger partial charge >= 0.3 is 0 Å². The monoisotopic (exact) mass is 474 g/mol. The van der Waals surface area contributed by atoms with E-state index in [-0.39, 0.29) is 12.0 Å². The summed E-state index contributed by atoms with van der Waals surface area (Å²) in [6, 6.07) is 13.9. The molecule has 1 aromatic heterocycles. The molecule has 3 heterocycles. The van der Waals surface area contributed by atoms with E-state index in [1.165, 1.54) is 0 Å². The van der Waals surface area contributed by atoms with Crippen LogP contribution in [0.2, 0.25) is 0 Å². The van der Waals surface area contributed by atoms with Crippen LogP contribution in [0.3, 0.4) is 0 Å². The number of aryl methyl sites for hydroxylation is 2. The molecule has 0 bridgehead atoms. The van der Waals surface area contributed by atoms with Crippen LogP contribution >= 0.6 is 11.3 Å². The van der Waals surface area contributed by atoms with E-state index in [0.717, 1.165) is 77.6 Å². The number of hydrogen-bond donors (Lipinski definition) is 1. The summed E-state index contributed by atoms with van der Waals surface area (Å²) in [5.41, 5.74) is 5.24. The standard InChI is InChI=1S/C27H30N4O2S/c1-18-29-25(17-34-18)20-6-5-19-4-3-13-28-26(24(19)16-20)27(32)30-21-7-9-22(10-8-21)33-23-11-14-31(2)15-12-23/h5-10,16-17,23H,3-4,11-15H2,1-2H3,(H,30,32). The van der Waals surface area contributed by atoms with Crippen molar-refractivity contribution in [1.82, 2.24) is 9.88 Å². The van der Waals surface area contributed by atoms with Gasteiger partial charge in [-0.25, -0.2) is 4.98 Å². The van der Waals surface area contributed by atoms with Crippen LogP contribution in [-0.4, -0.2) is 54.3 Å². The highest BCUT2D eigenvalue weighted by Gasteiger charge is 2.21. The maximum atomic E-state index is 13.3. The lowest BCUT2D eigenvalue weighted by molar-refractivity contribution is -0.110. The molecule has 7 heteroatoms. The molecule has 0 atom stereocenters. The zero-order valence-electron chi connectivity index (χ0n) is 19.7. The molecule has 6 nitrogen and oxygen atoms in total. The third kappa shape index (κ3) is 5.21. The van der Waals surface area contributed by atoms with Crippen molar-refractivity contribution in [2.75, 3.05) is 32.0 Å². The van der Waals surface area contributed by atoms with Gasteiger partial charge in [-0.3, -0.25) is 9.79 Å². The van der Waals surface area contributed by atoms with Crippen molar-refractivity contribution in [2.24, 2.45) is 4.99 Å². The second-order valence-corrected chi connectivity index (χ2v) is 10.1. The van der Waals surface area contributed by atoms with Gasteiger partial charge in [0.25, 0.3) is 5.91 Å². The second-order valence-electron chi connectivity index (χ2n) is 9.06. The SMILES string of the molecule is Cc1nc(-c2ccc3c(c2)C(C(=O)Nc2ccc(OC4CCN(C)CC4)cc2)=NCCC3)cs1. The summed E-state index contributed by atoms with van der Waals surface area (Å²) in [4.78, 5) is 24.9. The molecule has 34 heavy (non-hydrogen) atoms. The fourth-order valence-electron chi connectivity index (χ4n) is 4.51. The molecule has 2 aliphatic heterocycles. The zero-order chi connectivity index (χ0) is 23.5. The third-order valence-electron chi connectivity index (χ3n) is 6.45. The molecule has 1 N–H and O–H groups in total. The summed E-state index contributed by atoms with van der Waals surface area (Å²) in [6.07, 6.45) is 4.17. The fraction of sp³-hybridized carbons (Fsp3) is 0.370. The van der Waals surface area contributed by atoms with Crippen LogP contribution in [0, 0.1) is 6.92 Å². The molecule has 0 unspecified atom stereocenters.